The van der Waals surface area contributed by atoms with E-state index in [0.717, 1.165) is 5.56 Å². The maximum Gasteiger partial charge on any atom is 0.186 e. The average Bonchev–Trinajstić information content (AvgIpc) is 2.80. The molecule has 1 N–H and O–H groups in total. The molecule has 0 saturated carbocycles. The lowest BCUT2D eigenvalue weighted by atomic mass is 9.92. The maximum absolute atomic E-state index is 10.3. The van der Waals surface area contributed by atoms with Crippen molar-refractivity contribution in [1.82, 2.24) is 0 Å². The van der Waals surface area contributed by atoms with Gasteiger partial charge in [-0.15, -0.1) is 6.58 Å². The predicted octanol–water partition coefficient (Wildman–Crippen LogP) is 1.90. The smallest absolute Gasteiger partial charge is 0.186 e. The largest absolute Gasteiger partial charge is 0.385 e. The number of benzene rings is 1. The van der Waals surface area contributed by atoms with E-state index in [-0.39, 0.29) is 6.61 Å². The van der Waals surface area contributed by atoms with Crippen molar-refractivity contribution in [2.75, 3.05) is 20.8 Å². The molecule has 1 aromatic rings. The molecule has 0 radical (unpaired) electrons. The number of hydrogen-bond acceptors (Lipinski definition) is 5. The monoisotopic (exact) mass is 308 g/mol. The zero-order chi connectivity index (χ0) is 16.0. The van der Waals surface area contributed by atoms with Crippen molar-refractivity contribution in [3.8, 4) is 0 Å². The van der Waals surface area contributed by atoms with Crippen LogP contribution in [0.5, 0.6) is 0 Å². The first-order chi connectivity index (χ1) is 10.7. The Hall–Kier alpha value is -1.24. The quantitative estimate of drug-likeness (QED) is 0.743. The first kappa shape index (κ1) is 17.1. The lowest BCUT2D eigenvalue weighted by Gasteiger charge is -2.32. The lowest BCUT2D eigenvalue weighted by molar-refractivity contribution is -0.194. The first-order valence-corrected chi connectivity index (χ1v) is 7.31. The van der Waals surface area contributed by atoms with Crippen molar-refractivity contribution in [2.24, 2.45) is 0 Å². The van der Waals surface area contributed by atoms with E-state index >= 15 is 0 Å². The number of methoxy groups -OCH3 is 2. The van der Waals surface area contributed by atoms with Crippen LogP contribution in [-0.4, -0.2) is 50.0 Å². The van der Waals surface area contributed by atoms with Crippen molar-refractivity contribution in [3.05, 3.63) is 48.6 Å². The van der Waals surface area contributed by atoms with Gasteiger partial charge in [-0.1, -0.05) is 36.4 Å². The van der Waals surface area contributed by atoms with E-state index in [1.54, 1.807) is 13.2 Å². The van der Waals surface area contributed by atoms with Crippen LogP contribution in [0.15, 0.2) is 43.0 Å². The van der Waals surface area contributed by atoms with Gasteiger partial charge >= 0.3 is 0 Å². The fraction of sp³-hybridized carbons (Fsp3) is 0.529. The fourth-order valence-corrected chi connectivity index (χ4v) is 2.86. The third kappa shape index (κ3) is 3.56. The minimum Gasteiger partial charge on any atom is -0.385 e. The topological polar surface area (TPSA) is 57.2 Å². The molecule has 4 atom stereocenters. The molecule has 5 nitrogen and oxygen atoms in total. The highest BCUT2D eigenvalue weighted by atomic mass is 16.7. The van der Waals surface area contributed by atoms with Gasteiger partial charge in [0.25, 0.3) is 0 Å². The first-order valence-electron chi connectivity index (χ1n) is 7.31. The minimum absolute atomic E-state index is 0.281. The Morgan fingerprint density at radius 3 is 2.59 bits per heavy atom. The molecule has 1 saturated heterocycles. The summed E-state index contributed by atoms with van der Waals surface area (Å²) in [6.07, 6.45) is 0.103. The Morgan fingerprint density at radius 2 is 2.00 bits per heavy atom. The fourth-order valence-electron chi connectivity index (χ4n) is 2.86. The van der Waals surface area contributed by atoms with Gasteiger partial charge in [0.05, 0.1) is 13.2 Å². The van der Waals surface area contributed by atoms with Gasteiger partial charge in [-0.05, 0) is 12.0 Å². The van der Waals surface area contributed by atoms with Crippen molar-refractivity contribution in [3.63, 3.8) is 0 Å². The highest BCUT2D eigenvalue weighted by molar-refractivity contribution is 5.13. The summed E-state index contributed by atoms with van der Waals surface area (Å²) >= 11 is 0. The van der Waals surface area contributed by atoms with Gasteiger partial charge in [0, 0.05) is 14.2 Å². The van der Waals surface area contributed by atoms with E-state index < -0.39 is 24.1 Å². The molecular formula is C17H24O5. The lowest BCUT2D eigenvalue weighted by Crippen LogP contribution is -2.47. The second kappa shape index (κ2) is 7.85. The third-order valence-electron chi connectivity index (χ3n) is 3.89. The van der Waals surface area contributed by atoms with Crippen molar-refractivity contribution in [2.45, 2.75) is 37.1 Å². The molecule has 5 heteroatoms. The van der Waals surface area contributed by atoms with E-state index in [1.165, 1.54) is 7.11 Å². The molecule has 1 aliphatic rings. The molecular weight excluding hydrogens is 284 g/mol. The van der Waals surface area contributed by atoms with E-state index in [2.05, 4.69) is 6.58 Å². The molecule has 0 spiro atoms. The number of aliphatic hydroxyl groups is 1. The molecule has 1 aromatic carbocycles. The Morgan fingerprint density at radius 1 is 1.27 bits per heavy atom. The molecule has 0 aromatic heterocycles. The van der Waals surface area contributed by atoms with E-state index in [0.29, 0.717) is 13.0 Å². The summed E-state index contributed by atoms with van der Waals surface area (Å²) < 4.78 is 22.3. The van der Waals surface area contributed by atoms with Crippen LogP contribution in [0.3, 0.4) is 0 Å². The predicted molar refractivity (Wildman–Crippen MR) is 82.3 cm³/mol. The normalized spacial score (nSPS) is 31.3. The number of rotatable bonds is 8. The summed E-state index contributed by atoms with van der Waals surface area (Å²) in [5.41, 5.74) is 0.276. The van der Waals surface area contributed by atoms with Gasteiger partial charge < -0.3 is 24.1 Å². The molecule has 1 fully saturated rings. The van der Waals surface area contributed by atoms with Crippen LogP contribution in [0.4, 0.5) is 0 Å². The van der Waals surface area contributed by atoms with E-state index in [4.69, 9.17) is 18.9 Å². The van der Waals surface area contributed by atoms with Crippen LogP contribution in [0, 0.1) is 0 Å². The summed E-state index contributed by atoms with van der Waals surface area (Å²) in [4.78, 5) is 0. The van der Waals surface area contributed by atoms with Crippen LogP contribution in [0.1, 0.15) is 12.0 Å². The Balaban J connectivity index is 2.05. The van der Waals surface area contributed by atoms with Crippen LogP contribution in [0.25, 0.3) is 0 Å². The Kier molecular flexibility index (Phi) is 6.11. The van der Waals surface area contributed by atoms with Gasteiger partial charge in [0.1, 0.15) is 17.8 Å². The third-order valence-corrected chi connectivity index (χ3v) is 3.89. The number of aliphatic hydroxyl groups excluding tert-OH is 1. The summed E-state index contributed by atoms with van der Waals surface area (Å²) in [6, 6.07) is 9.88. The summed E-state index contributed by atoms with van der Waals surface area (Å²) in [5, 5.41) is 10.3. The molecule has 0 bridgehead atoms. The average molecular weight is 308 g/mol. The second-order valence-electron chi connectivity index (χ2n) is 5.40. The minimum atomic E-state index is -0.865. The van der Waals surface area contributed by atoms with E-state index in [1.807, 2.05) is 30.3 Å². The SMILES string of the molecule is C=CC[C@]1(COCc2ccccc2)OC(OC)[C@H](O)[C@@H]1OC. The molecule has 1 unspecified atom stereocenters. The van der Waals surface area contributed by atoms with Crippen LogP contribution >= 0.6 is 0 Å². The zero-order valence-corrected chi connectivity index (χ0v) is 13.1. The van der Waals surface area contributed by atoms with Crippen molar-refractivity contribution in [1.29, 1.82) is 0 Å². The number of ether oxygens (including phenoxy) is 4. The summed E-state index contributed by atoms with van der Waals surface area (Å²) in [7, 11) is 3.04. The number of hydrogen-bond donors (Lipinski definition) is 1. The maximum atomic E-state index is 10.3. The molecule has 122 valence electrons. The zero-order valence-electron chi connectivity index (χ0n) is 13.1. The van der Waals surface area contributed by atoms with Gasteiger partial charge in [-0.2, -0.15) is 0 Å². The molecule has 0 amide bonds. The van der Waals surface area contributed by atoms with Crippen LogP contribution in [-0.2, 0) is 25.6 Å². The Bertz CT molecular complexity index is 463. The van der Waals surface area contributed by atoms with Crippen LogP contribution < -0.4 is 0 Å². The highest BCUT2D eigenvalue weighted by Crippen LogP contribution is 2.37. The second-order valence-corrected chi connectivity index (χ2v) is 5.40. The van der Waals surface area contributed by atoms with Gasteiger partial charge in [0.15, 0.2) is 6.29 Å². The molecule has 1 aliphatic heterocycles. The van der Waals surface area contributed by atoms with Gasteiger partial charge in [-0.3, -0.25) is 0 Å². The van der Waals surface area contributed by atoms with Gasteiger partial charge in [0.2, 0.25) is 0 Å². The Labute approximate surface area is 131 Å². The van der Waals surface area contributed by atoms with Crippen molar-refractivity contribution >= 4 is 0 Å². The van der Waals surface area contributed by atoms with Crippen molar-refractivity contribution < 1.29 is 24.1 Å². The molecule has 0 aliphatic carbocycles. The van der Waals surface area contributed by atoms with Crippen LogP contribution in [0.2, 0.25) is 0 Å². The standard InChI is InChI=1S/C17H24O5/c1-4-10-17(12-21-11-13-8-6-5-7-9-13)15(19-2)14(18)16(20-3)22-17/h4-9,14-16,18H,1,10-12H2,2-3H3/t14-,15+,16?,17-/m1/s1. The highest BCUT2D eigenvalue weighted by Gasteiger charge is 2.55. The van der Waals surface area contributed by atoms with E-state index in [9.17, 15) is 5.11 Å². The summed E-state index contributed by atoms with van der Waals surface area (Å²) in [5.74, 6) is 0. The summed E-state index contributed by atoms with van der Waals surface area (Å²) in [6.45, 7) is 4.51. The molecule has 1 heterocycles. The molecule has 22 heavy (non-hydrogen) atoms. The molecule has 2 rings (SSSR count). The van der Waals surface area contributed by atoms with Gasteiger partial charge in [-0.25, -0.2) is 0 Å².